The molecule has 220 valence electrons. The Labute approximate surface area is 242 Å². The predicted molar refractivity (Wildman–Crippen MR) is 157 cm³/mol. The lowest BCUT2D eigenvalue weighted by Gasteiger charge is -2.31. The summed E-state index contributed by atoms with van der Waals surface area (Å²) in [5.41, 5.74) is 6.58. The molecule has 1 amide bonds. The SMILES string of the molecule is Cc1cc(-c2c(C3CCOCC3)c3nc4c(cc3n2C(=O)OC(C)(C)C)CCN(C(=O)OC(C)(C)C)C4)cc(C)n1. The number of hydrogen-bond acceptors (Lipinski definition) is 7. The molecule has 3 aromatic rings. The lowest BCUT2D eigenvalue weighted by Crippen LogP contribution is -2.40. The van der Waals surface area contributed by atoms with Crippen LogP contribution in [-0.4, -0.2) is 62.6 Å². The van der Waals surface area contributed by atoms with Crippen LogP contribution in [-0.2, 0) is 27.2 Å². The number of rotatable bonds is 2. The van der Waals surface area contributed by atoms with Crippen LogP contribution in [0.2, 0.25) is 0 Å². The van der Waals surface area contributed by atoms with Crippen LogP contribution in [0.1, 0.15) is 88.5 Å². The second-order valence-corrected chi connectivity index (χ2v) is 13.2. The third kappa shape index (κ3) is 6.25. The Morgan fingerprint density at radius 2 is 1.51 bits per heavy atom. The topological polar surface area (TPSA) is 95.8 Å². The van der Waals surface area contributed by atoms with Gasteiger partial charge in [0.25, 0.3) is 0 Å². The zero-order valence-electron chi connectivity index (χ0n) is 25.6. The Kier molecular flexibility index (Phi) is 7.61. The molecule has 0 unspecified atom stereocenters. The molecular formula is C32H42N4O5. The van der Waals surface area contributed by atoms with Crippen molar-refractivity contribution in [1.82, 2.24) is 19.4 Å². The third-order valence-corrected chi connectivity index (χ3v) is 7.35. The third-order valence-electron chi connectivity index (χ3n) is 7.35. The number of aromatic nitrogens is 3. The summed E-state index contributed by atoms with van der Waals surface area (Å²) in [7, 11) is 0. The van der Waals surface area contributed by atoms with Crippen molar-refractivity contribution in [1.29, 1.82) is 0 Å². The first-order valence-corrected chi connectivity index (χ1v) is 14.5. The van der Waals surface area contributed by atoms with Crippen molar-refractivity contribution >= 4 is 23.2 Å². The zero-order chi connectivity index (χ0) is 29.7. The van der Waals surface area contributed by atoms with Crippen molar-refractivity contribution in [3.63, 3.8) is 0 Å². The van der Waals surface area contributed by atoms with Gasteiger partial charge in [0.05, 0.1) is 29.0 Å². The predicted octanol–water partition coefficient (Wildman–Crippen LogP) is 6.69. The van der Waals surface area contributed by atoms with Crippen LogP contribution in [0.4, 0.5) is 9.59 Å². The van der Waals surface area contributed by atoms with Gasteiger partial charge in [0.1, 0.15) is 11.2 Å². The number of carbonyl (C=O) groups excluding carboxylic acids is 2. The van der Waals surface area contributed by atoms with Crippen LogP contribution >= 0.6 is 0 Å². The molecule has 0 spiro atoms. The number of ether oxygens (including phenoxy) is 3. The van der Waals surface area contributed by atoms with E-state index >= 15 is 0 Å². The van der Waals surface area contributed by atoms with Gasteiger partial charge in [-0.2, -0.15) is 0 Å². The molecule has 0 radical (unpaired) electrons. The van der Waals surface area contributed by atoms with Gasteiger partial charge < -0.3 is 19.1 Å². The largest absolute Gasteiger partial charge is 0.444 e. The lowest BCUT2D eigenvalue weighted by molar-refractivity contribution is 0.0221. The molecule has 0 saturated carbocycles. The molecule has 9 heteroatoms. The molecule has 0 bridgehead atoms. The molecule has 0 N–H and O–H groups in total. The molecule has 3 aromatic heterocycles. The van der Waals surface area contributed by atoms with Crippen LogP contribution in [0.3, 0.4) is 0 Å². The van der Waals surface area contributed by atoms with Gasteiger partial charge in [-0.1, -0.05) is 0 Å². The van der Waals surface area contributed by atoms with Gasteiger partial charge in [-0.3, -0.25) is 4.98 Å². The number of amides is 1. The Hall–Kier alpha value is -3.46. The van der Waals surface area contributed by atoms with Crippen molar-refractivity contribution in [3.05, 3.63) is 46.4 Å². The van der Waals surface area contributed by atoms with E-state index in [1.165, 1.54) is 0 Å². The van der Waals surface area contributed by atoms with Gasteiger partial charge >= 0.3 is 12.2 Å². The maximum atomic E-state index is 14.0. The summed E-state index contributed by atoms with van der Waals surface area (Å²) < 4.78 is 19.1. The monoisotopic (exact) mass is 562 g/mol. The highest BCUT2D eigenvalue weighted by Gasteiger charge is 2.34. The minimum Gasteiger partial charge on any atom is -0.444 e. The number of nitrogens with zero attached hydrogens (tertiary/aromatic N) is 4. The molecule has 1 saturated heterocycles. The number of fused-ring (bicyclic) bond motifs is 2. The van der Waals surface area contributed by atoms with E-state index in [0.717, 1.165) is 63.3 Å². The normalized spacial score (nSPS) is 16.5. The maximum Gasteiger partial charge on any atom is 0.419 e. The Morgan fingerprint density at radius 3 is 2.12 bits per heavy atom. The van der Waals surface area contributed by atoms with Gasteiger partial charge in [-0.15, -0.1) is 0 Å². The fourth-order valence-corrected chi connectivity index (χ4v) is 5.78. The summed E-state index contributed by atoms with van der Waals surface area (Å²) in [5, 5.41) is 0. The summed E-state index contributed by atoms with van der Waals surface area (Å²) in [6.45, 7) is 17.3. The lowest BCUT2D eigenvalue weighted by atomic mass is 9.88. The highest BCUT2D eigenvalue weighted by atomic mass is 16.6. The van der Waals surface area contributed by atoms with Gasteiger partial charge in [0.15, 0.2) is 0 Å². The summed E-state index contributed by atoms with van der Waals surface area (Å²) in [6, 6.07) is 6.12. The summed E-state index contributed by atoms with van der Waals surface area (Å²) in [6.07, 6.45) is 1.49. The van der Waals surface area contributed by atoms with E-state index in [4.69, 9.17) is 19.2 Å². The molecule has 5 heterocycles. The van der Waals surface area contributed by atoms with Gasteiger partial charge in [-0.05, 0) is 104 Å². The number of carbonyl (C=O) groups is 2. The van der Waals surface area contributed by atoms with Crippen LogP contribution < -0.4 is 0 Å². The average molecular weight is 563 g/mol. The minimum atomic E-state index is -0.677. The highest BCUT2D eigenvalue weighted by molar-refractivity contribution is 5.98. The molecule has 0 atom stereocenters. The molecule has 5 rings (SSSR count). The Morgan fingerprint density at radius 1 is 0.902 bits per heavy atom. The number of pyridine rings is 2. The van der Waals surface area contributed by atoms with Gasteiger partial charge in [0, 0.05) is 42.3 Å². The van der Waals surface area contributed by atoms with Crippen molar-refractivity contribution in [2.45, 2.75) is 98.3 Å². The first-order chi connectivity index (χ1) is 19.2. The quantitative estimate of drug-likeness (QED) is 0.343. The van der Waals surface area contributed by atoms with E-state index < -0.39 is 17.3 Å². The molecular weight excluding hydrogens is 520 g/mol. The van der Waals surface area contributed by atoms with Crippen LogP contribution in [0.25, 0.3) is 22.3 Å². The molecule has 2 aliphatic heterocycles. The number of hydrogen-bond donors (Lipinski definition) is 0. The zero-order valence-corrected chi connectivity index (χ0v) is 25.6. The molecule has 41 heavy (non-hydrogen) atoms. The highest BCUT2D eigenvalue weighted by Crippen LogP contribution is 2.43. The van der Waals surface area contributed by atoms with Crippen molar-refractivity contribution in [2.75, 3.05) is 19.8 Å². The first-order valence-electron chi connectivity index (χ1n) is 14.5. The summed E-state index contributed by atoms with van der Waals surface area (Å²) in [4.78, 5) is 38.4. The van der Waals surface area contributed by atoms with E-state index in [2.05, 4.69) is 11.1 Å². The fourth-order valence-electron chi connectivity index (χ4n) is 5.78. The Bertz CT molecular complexity index is 1470. The van der Waals surface area contributed by atoms with E-state index in [1.54, 1.807) is 9.47 Å². The van der Waals surface area contributed by atoms with Gasteiger partial charge in [-0.25, -0.2) is 19.1 Å². The Balaban J connectivity index is 1.74. The van der Waals surface area contributed by atoms with Crippen molar-refractivity contribution in [2.24, 2.45) is 0 Å². The van der Waals surface area contributed by atoms with Crippen LogP contribution in [0.15, 0.2) is 18.2 Å². The minimum absolute atomic E-state index is 0.148. The van der Waals surface area contributed by atoms with Crippen molar-refractivity contribution < 1.29 is 23.8 Å². The van der Waals surface area contributed by atoms with Gasteiger partial charge in [0.2, 0.25) is 0 Å². The molecule has 2 aliphatic rings. The summed E-state index contributed by atoms with van der Waals surface area (Å²) >= 11 is 0. The average Bonchev–Trinajstić information content (AvgIpc) is 3.19. The molecule has 9 nitrogen and oxygen atoms in total. The standard InChI is InChI=1S/C32H42N4O5/c1-19-15-23(16-20(2)33-19)28-26(21-10-13-39-14-11-21)27-25(36(28)30(38)41-32(6,7)8)17-22-9-12-35(18-24(22)34-27)29(37)40-31(3,4)5/h15-17,21H,9-14,18H2,1-8H3. The van der Waals surface area contributed by atoms with Crippen molar-refractivity contribution in [3.8, 4) is 11.3 Å². The molecule has 0 aliphatic carbocycles. The first kappa shape index (κ1) is 29.0. The van der Waals surface area contributed by atoms with E-state index in [1.807, 2.05) is 67.5 Å². The molecule has 0 aromatic carbocycles. The van der Waals surface area contributed by atoms with Crippen LogP contribution in [0, 0.1) is 13.8 Å². The van der Waals surface area contributed by atoms with E-state index in [9.17, 15) is 9.59 Å². The summed E-state index contributed by atoms with van der Waals surface area (Å²) in [5.74, 6) is 0.148. The number of aryl methyl sites for hydroxylation is 2. The van der Waals surface area contributed by atoms with E-state index in [-0.39, 0.29) is 12.0 Å². The van der Waals surface area contributed by atoms with Crippen LogP contribution in [0.5, 0.6) is 0 Å². The second kappa shape index (κ2) is 10.7. The second-order valence-electron chi connectivity index (χ2n) is 13.2. The smallest absolute Gasteiger partial charge is 0.419 e. The fraction of sp³-hybridized carbons (Fsp3) is 0.562. The molecule has 1 fully saturated rings. The van der Waals surface area contributed by atoms with E-state index in [0.29, 0.717) is 32.7 Å². The maximum absolute atomic E-state index is 14.0.